The summed E-state index contributed by atoms with van der Waals surface area (Å²) in [6, 6.07) is 8.61. The maximum atomic E-state index is 9.56. The van der Waals surface area contributed by atoms with Crippen molar-refractivity contribution in [3.05, 3.63) is 53.6 Å². The van der Waals surface area contributed by atoms with Crippen molar-refractivity contribution in [1.82, 2.24) is 20.2 Å². The third kappa shape index (κ3) is 6.33. The van der Waals surface area contributed by atoms with E-state index in [0.29, 0.717) is 6.54 Å². The number of hydrogen-bond acceptors (Lipinski definition) is 3. The van der Waals surface area contributed by atoms with Crippen molar-refractivity contribution in [2.75, 3.05) is 19.7 Å². The fraction of sp³-hybridized carbons (Fsp3) is 0.583. The van der Waals surface area contributed by atoms with E-state index in [1.165, 1.54) is 43.2 Å². The van der Waals surface area contributed by atoms with Gasteiger partial charge < -0.3 is 20.3 Å². The SMILES string of the molecule is CCNC(=NCc1cccc(Cn2ccnc2C)c1)NCC1(CCO)CCCCC1. The Morgan fingerprint density at radius 2 is 2.00 bits per heavy atom. The van der Waals surface area contributed by atoms with Gasteiger partial charge >= 0.3 is 0 Å². The van der Waals surface area contributed by atoms with Crippen LogP contribution in [0.25, 0.3) is 0 Å². The largest absolute Gasteiger partial charge is 0.396 e. The number of aliphatic hydroxyl groups is 1. The van der Waals surface area contributed by atoms with Crippen molar-refractivity contribution < 1.29 is 5.11 Å². The predicted octanol–water partition coefficient (Wildman–Crippen LogP) is 3.63. The highest BCUT2D eigenvalue weighted by Crippen LogP contribution is 2.38. The summed E-state index contributed by atoms with van der Waals surface area (Å²) in [5.41, 5.74) is 2.65. The van der Waals surface area contributed by atoms with Gasteiger partial charge in [-0.2, -0.15) is 0 Å². The van der Waals surface area contributed by atoms with Crippen LogP contribution in [-0.2, 0) is 13.1 Å². The standard InChI is InChI=1S/C24H37N5O/c1-3-25-23(28-19-24(12-15-30)10-5-4-6-11-24)27-17-21-8-7-9-22(16-21)18-29-14-13-26-20(29)2/h7-9,13-14,16,30H,3-6,10-12,15,17-19H2,1-2H3,(H2,25,27,28). The third-order valence-electron chi connectivity index (χ3n) is 6.22. The minimum absolute atomic E-state index is 0.200. The van der Waals surface area contributed by atoms with Gasteiger partial charge in [0.1, 0.15) is 5.82 Å². The van der Waals surface area contributed by atoms with Gasteiger partial charge in [-0.15, -0.1) is 0 Å². The molecule has 1 aromatic heterocycles. The number of imidazole rings is 1. The van der Waals surface area contributed by atoms with Crippen molar-refractivity contribution in [2.45, 2.75) is 65.5 Å². The zero-order valence-corrected chi connectivity index (χ0v) is 18.5. The fourth-order valence-electron chi connectivity index (χ4n) is 4.43. The Morgan fingerprint density at radius 3 is 2.70 bits per heavy atom. The molecule has 0 atom stereocenters. The van der Waals surface area contributed by atoms with Gasteiger partial charge in [-0.3, -0.25) is 0 Å². The highest BCUT2D eigenvalue weighted by Gasteiger charge is 2.31. The summed E-state index contributed by atoms with van der Waals surface area (Å²) in [6.07, 6.45) is 10.9. The molecule has 164 valence electrons. The smallest absolute Gasteiger partial charge is 0.191 e. The van der Waals surface area contributed by atoms with E-state index in [0.717, 1.165) is 37.8 Å². The molecule has 3 N–H and O–H groups in total. The Labute approximate surface area is 180 Å². The van der Waals surface area contributed by atoms with Gasteiger partial charge in [-0.1, -0.05) is 43.5 Å². The van der Waals surface area contributed by atoms with E-state index < -0.39 is 0 Å². The van der Waals surface area contributed by atoms with Crippen LogP contribution >= 0.6 is 0 Å². The molecule has 1 saturated carbocycles. The lowest BCUT2D eigenvalue weighted by molar-refractivity contribution is 0.131. The van der Waals surface area contributed by atoms with E-state index >= 15 is 0 Å². The Balaban J connectivity index is 1.62. The molecule has 0 bridgehead atoms. The van der Waals surface area contributed by atoms with Crippen LogP contribution in [-0.4, -0.2) is 40.3 Å². The van der Waals surface area contributed by atoms with Gasteiger partial charge in [0, 0.05) is 38.6 Å². The first-order chi connectivity index (χ1) is 14.6. The Hall–Kier alpha value is -2.34. The van der Waals surface area contributed by atoms with E-state index in [9.17, 15) is 5.11 Å². The Morgan fingerprint density at radius 1 is 1.20 bits per heavy atom. The van der Waals surface area contributed by atoms with Crippen LogP contribution in [0.1, 0.15) is 62.4 Å². The van der Waals surface area contributed by atoms with Gasteiger partial charge in [0.25, 0.3) is 0 Å². The maximum absolute atomic E-state index is 9.56. The van der Waals surface area contributed by atoms with Crippen LogP contribution in [0.3, 0.4) is 0 Å². The normalized spacial score (nSPS) is 16.4. The zero-order valence-electron chi connectivity index (χ0n) is 18.5. The second-order valence-electron chi connectivity index (χ2n) is 8.51. The number of aromatic nitrogens is 2. The van der Waals surface area contributed by atoms with E-state index in [-0.39, 0.29) is 12.0 Å². The minimum Gasteiger partial charge on any atom is -0.396 e. The number of aliphatic hydroxyl groups excluding tert-OH is 1. The monoisotopic (exact) mass is 411 g/mol. The number of benzene rings is 1. The molecule has 0 unspecified atom stereocenters. The number of rotatable bonds is 9. The molecule has 0 aliphatic heterocycles. The molecule has 0 saturated heterocycles. The summed E-state index contributed by atoms with van der Waals surface area (Å²) in [7, 11) is 0. The van der Waals surface area contributed by atoms with Crippen LogP contribution < -0.4 is 10.6 Å². The van der Waals surface area contributed by atoms with Crippen molar-refractivity contribution in [3.63, 3.8) is 0 Å². The van der Waals surface area contributed by atoms with Crippen molar-refractivity contribution in [1.29, 1.82) is 0 Å². The summed E-state index contributed by atoms with van der Waals surface area (Å²) in [5.74, 6) is 1.88. The van der Waals surface area contributed by atoms with Crippen molar-refractivity contribution in [3.8, 4) is 0 Å². The predicted molar refractivity (Wildman–Crippen MR) is 123 cm³/mol. The topological polar surface area (TPSA) is 74.5 Å². The first kappa shape index (κ1) is 22.3. The summed E-state index contributed by atoms with van der Waals surface area (Å²) in [5, 5.41) is 16.5. The van der Waals surface area contributed by atoms with Gasteiger partial charge in [0.15, 0.2) is 5.96 Å². The molecule has 1 aliphatic rings. The van der Waals surface area contributed by atoms with Gasteiger partial charge in [0.05, 0.1) is 6.54 Å². The number of aryl methyl sites for hydroxylation is 1. The van der Waals surface area contributed by atoms with E-state index in [2.05, 4.69) is 51.4 Å². The average Bonchev–Trinajstić information content (AvgIpc) is 3.16. The number of nitrogens with zero attached hydrogens (tertiary/aromatic N) is 3. The van der Waals surface area contributed by atoms with Gasteiger partial charge in [-0.25, -0.2) is 9.98 Å². The Bertz CT molecular complexity index is 802. The first-order valence-electron chi connectivity index (χ1n) is 11.3. The lowest BCUT2D eigenvalue weighted by atomic mass is 9.72. The molecule has 0 amide bonds. The van der Waals surface area contributed by atoms with Crippen molar-refractivity contribution in [2.24, 2.45) is 10.4 Å². The van der Waals surface area contributed by atoms with Crippen LogP contribution in [0.15, 0.2) is 41.7 Å². The molecule has 1 aliphatic carbocycles. The molecule has 6 heteroatoms. The zero-order chi connectivity index (χ0) is 21.2. The number of aliphatic imine (C=N–C) groups is 1. The number of hydrogen-bond donors (Lipinski definition) is 3. The fourth-order valence-corrected chi connectivity index (χ4v) is 4.43. The summed E-state index contributed by atoms with van der Waals surface area (Å²) in [6.45, 7) is 7.55. The average molecular weight is 412 g/mol. The summed E-state index contributed by atoms with van der Waals surface area (Å²) < 4.78 is 2.15. The van der Waals surface area contributed by atoms with Crippen LogP contribution in [0, 0.1) is 12.3 Å². The van der Waals surface area contributed by atoms with E-state index in [1.807, 2.05) is 19.3 Å². The lowest BCUT2D eigenvalue weighted by Crippen LogP contribution is -2.44. The second-order valence-corrected chi connectivity index (χ2v) is 8.51. The molecule has 0 spiro atoms. The number of guanidine groups is 1. The highest BCUT2D eigenvalue weighted by atomic mass is 16.3. The highest BCUT2D eigenvalue weighted by molar-refractivity contribution is 5.79. The summed E-state index contributed by atoms with van der Waals surface area (Å²) >= 11 is 0. The summed E-state index contributed by atoms with van der Waals surface area (Å²) in [4.78, 5) is 9.13. The molecule has 3 rings (SSSR count). The second kappa shape index (κ2) is 11.2. The van der Waals surface area contributed by atoms with Crippen LogP contribution in [0.5, 0.6) is 0 Å². The molecule has 0 radical (unpaired) electrons. The van der Waals surface area contributed by atoms with Gasteiger partial charge in [-0.05, 0) is 49.7 Å². The van der Waals surface area contributed by atoms with Crippen LogP contribution in [0.2, 0.25) is 0 Å². The minimum atomic E-state index is 0.200. The molecule has 1 aromatic carbocycles. The van der Waals surface area contributed by atoms with E-state index in [1.54, 1.807) is 0 Å². The molecular weight excluding hydrogens is 374 g/mol. The lowest BCUT2D eigenvalue weighted by Gasteiger charge is -2.37. The third-order valence-corrected chi connectivity index (χ3v) is 6.22. The molecule has 1 heterocycles. The van der Waals surface area contributed by atoms with Crippen LogP contribution in [0.4, 0.5) is 0 Å². The molecular formula is C24H37N5O. The molecule has 1 fully saturated rings. The van der Waals surface area contributed by atoms with E-state index in [4.69, 9.17) is 4.99 Å². The molecule has 6 nitrogen and oxygen atoms in total. The maximum Gasteiger partial charge on any atom is 0.191 e. The van der Waals surface area contributed by atoms with Gasteiger partial charge in [0.2, 0.25) is 0 Å². The van der Waals surface area contributed by atoms with Crippen molar-refractivity contribution >= 4 is 5.96 Å². The Kier molecular flexibility index (Phi) is 8.31. The molecule has 2 aromatic rings. The molecule has 30 heavy (non-hydrogen) atoms. The first-order valence-corrected chi connectivity index (χ1v) is 11.3. The number of nitrogens with one attached hydrogen (secondary N) is 2. The quantitative estimate of drug-likeness (QED) is 0.435.